The fourth-order valence-corrected chi connectivity index (χ4v) is 7.69. The Bertz CT molecular complexity index is 1170. The molecular formula is C55H100NO7+. The normalized spacial score (nSPS) is 13.2. The average molecular weight is 887 g/mol. The van der Waals surface area contributed by atoms with E-state index < -0.39 is 18.1 Å². The summed E-state index contributed by atoms with van der Waals surface area (Å²) in [5, 5.41) is 9.66. The zero-order valence-corrected chi connectivity index (χ0v) is 41.8. The number of nitrogens with zero attached hydrogens (tertiary/aromatic N) is 1. The first-order valence-corrected chi connectivity index (χ1v) is 26.2. The molecule has 0 spiro atoms. The SMILES string of the molecule is CC/C=C/C/C=C/C/C=C/CCCCCCCCCCCCCCCC(=O)OC(COCCC(C(=O)O)[N+](C)(C)C)COC(=O)CCCCCCC/C=C/CCCCCCCCC. The van der Waals surface area contributed by atoms with Gasteiger partial charge in [0.1, 0.15) is 6.61 Å². The van der Waals surface area contributed by atoms with Crippen LogP contribution in [0.3, 0.4) is 0 Å². The molecule has 0 aromatic heterocycles. The Balaban J connectivity index is 4.21. The number of rotatable bonds is 47. The molecule has 0 radical (unpaired) electrons. The van der Waals surface area contributed by atoms with Gasteiger partial charge in [-0.25, -0.2) is 4.79 Å². The number of allylic oxidation sites excluding steroid dienone is 8. The minimum Gasteiger partial charge on any atom is -0.477 e. The molecule has 0 saturated carbocycles. The van der Waals surface area contributed by atoms with Crippen LogP contribution in [-0.4, -0.2) is 80.6 Å². The van der Waals surface area contributed by atoms with Gasteiger partial charge in [0.05, 0.1) is 34.4 Å². The van der Waals surface area contributed by atoms with E-state index in [4.69, 9.17) is 14.2 Å². The van der Waals surface area contributed by atoms with Gasteiger partial charge in [0.15, 0.2) is 12.1 Å². The van der Waals surface area contributed by atoms with Crippen LogP contribution >= 0.6 is 0 Å². The van der Waals surface area contributed by atoms with E-state index in [1.54, 1.807) is 0 Å². The monoisotopic (exact) mass is 887 g/mol. The summed E-state index contributed by atoms with van der Waals surface area (Å²) in [5.74, 6) is -1.47. The quantitative estimate of drug-likeness (QED) is 0.0281. The molecule has 0 saturated heterocycles. The van der Waals surface area contributed by atoms with Crippen LogP contribution in [-0.2, 0) is 28.6 Å². The number of hydrogen-bond donors (Lipinski definition) is 1. The fraction of sp³-hybridized carbons (Fsp3) is 0.800. The lowest BCUT2D eigenvalue weighted by atomic mass is 10.0. The van der Waals surface area contributed by atoms with E-state index in [1.165, 1.54) is 135 Å². The zero-order valence-electron chi connectivity index (χ0n) is 41.8. The fourth-order valence-electron chi connectivity index (χ4n) is 7.69. The molecule has 0 aliphatic rings. The molecule has 0 aromatic carbocycles. The van der Waals surface area contributed by atoms with Gasteiger partial charge in [0.2, 0.25) is 0 Å². The summed E-state index contributed by atoms with van der Waals surface area (Å²) in [6.07, 6.45) is 55.9. The first-order chi connectivity index (χ1) is 30.6. The molecule has 0 bridgehead atoms. The zero-order chi connectivity index (χ0) is 46.3. The number of aliphatic carboxylic acids is 1. The summed E-state index contributed by atoms with van der Waals surface area (Å²) in [7, 11) is 5.54. The molecule has 0 fully saturated rings. The second-order valence-electron chi connectivity index (χ2n) is 18.7. The minimum absolute atomic E-state index is 0.0544. The standard InChI is InChI=1S/C55H99NO7/c1-6-8-10-12-14-16-18-20-22-24-25-26-27-28-29-30-32-34-36-38-40-42-44-46-54(58)63-51(49-61-48-47-52(55(59)60)56(3,4)5)50-62-53(57)45-43-41-39-37-35-33-31-23-21-19-17-15-13-11-9-7-2/h8,10,14,16,20,22-23,31,51-52H,6-7,9,11-13,15,17-19,21,24-30,32-50H2,1-5H3/p+1/b10-8+,16-14+,22-20+,31-23+. The number of esters is 2. The van der Waals surface area contributed by atoms with Crippen LogP contribution in [0.15, 0.2) is 48.6 Å². The summed E-state index contributed by atoms with van der Waals surface area (Å²) in [5.41, 5.74) is 0. The lowest BCUT2D eigenvalue weighted by molar-refractivity contribution is -0.887. The Morgan fingerprint density at radius 2 is 0.889 bits per heavy atom. The highest BCUT2D eigenvalue weighted by Gasteiger charge is 2.31. The van der Waals surface area contributed by atoms with Crippen LogP contribution in [0.4, 0.5) is 0 Å². The third-order valence-corrected chi connectivity index (χ3v) is 11.7. The van der Waals surface area contributed by atoms with Gasteiger partial charge in [-0.15, -0.1) is 0 Å². The number of hydrogen-bond acceptors (Lipinski definition) is 6. The van der Waals surface area contributed by atoms with Gasteiger partial charge >= 0.3 is 17.9 Å². The molecule has 0 aliphatic heterocycles. The minimum atomic E-state index is -0.875. The van der Waals surface area contributed by atoms with Crippen LogP contribution in [0.2, 0.25) is 0 Å². The summed E-state index contributed by atoms with van der Waals surface area (Å²) in [4.78, 5) is 37.2. The van der Waals surface area contributed by atoms with Gasteiger partial charge in [-0.05, 0) is 70.6 Å². The number of carbonyl (C=O) groups is 3. The molecule has 2 atom stereocenters. The summed E-state index contributed by atoms with van der Waals surface area (Å²) in [6.45, 7) is 4.64. The largest absolute Gasteiger partial charge is 0.477 e. The van der Waals surface area contributed by atoms with Crippen molar-refractivity contribution in [2.45, 2.75) is 244 Å². The van der Waals surface area contributed by atoms with Gasteiger partial charge in [-0.1, -0.05) is 191 Å². The molecule has 1 N–H and O–H groups in total. The van der Waals surface area contributed by atoms with Gasteiger partial charge in [0, 0.05) is 19.3 Å². The number of carbonyl (C=O) groups excluding carboxylic acids is 2. The maximum Gasteiger partial charge on any atom is 0.362 e. The first kappa shape index (κ1) is 60.3. The van der Waals surface area contributed by atoms with Crippen LogP contribution in [0, 0.1) is 0 Å². The van der Waals surface area contributed by atoms with Gasteiger partial charge < -0.3 is 23.8 Å². The Kier molecular flexibility index (Phi) is 43.9. The van der Waals surface area contributed by atoms with Crippen molar-refractivity contribution in [2.24, 2.45) is 0 Å². The van der Waals surface area contributed by atoms with Gasteiger partial charge in [0.25, 0.3) is 0 Å². The maximum absolute atomic E-state index is 12.8. The molecule has 0 rings (SSSR count). The molecule has 0 amide bonds. The van der Waals surface area contributed by atoms with Crippen LogP contribution in [0.5, 0.6) is 0 Å². The van der Waals surface area contributed by atoms with Crippen molar-refractivity contribution in [3.8, 4) is 0 Å². The number of likely N-dealkylation sites (N-methyl/N-ethyl adjacent to an activating group) is 1. The van der Waals surface area contributed by atoms with Gasteiger partial charge in [-0.2, -0.15) is 0 Å². The summed E-state index contributed by atoms with van der Waals surface area (Å²) in [6, 6.07) is -0.616. The predicted molar refractivity (Wildman–Crippen MR) is 266 cm³/mol. The molecule has 0 heterocycles. The van der Waals surface area contributed by atoms with E-state index in [0.29, 0.717) is 19.3 Å². The number of carboxylic acids is 1. The molecule has 2 unspecified atom stereocenters. The van der Waals surface area contributed by atoms with E-state index in [0.717, 1.165) is 64.2 Å². The summed E-state index contributed by atoms with van der Waals surface area (Å²) >= 11 is 0. The van der Waals surface area contributed by atoms with Crippen LogP contribution in [0.1, 0.15) is 232 Å². The van der Waals surface area contributed by atoms with Crippen LogP contribution in [0.25, 0.3) is 0 Å². The maximum atomic E-state index is 12.8. The van der Waals surface area contributed by atoms with Gasteiger partial charge in [-0.3, -0.25) is 9.59 Å². The highest BCUT2D eigenvalue weighted by molar-refractivity contribution is 5.72. The molecular weight excluding hydrogens is 787 g/mol. The van der Waals surface area contributed by atoms with Crippen molar-refractivity contribution in [2.75, 3.05) is 41.0 Å². The highest BCUT2D eigenvalue weighted by Crippen LogP contribution is 2.16. The Morgan fingerprint density at radius 1 is 0.492 bits per heavy atom. The number of carboxylic acid groups (broad SMARTS) is 1. The smallest absolute Gasteiger partial charge is 0.362 e. The lowest BCUT2D eigenvalue weighted by Gasteiger charge is -2.31. The third kappa shape index (κ3) is 44.3. The first-order valence-electron chi connectivity index (χ1n) is 26.2. The predicted octanol–water partition coefficient (Wildman–Crippen LogP) is 15.1. The molecule has 63 heavy (non-hydrogen) atoms. The number of quaternary nitrogens is 1. The van der Waals surface area contributed by atoms with Crippen molar-refractivity contribution < 1.29 is 38.2 Å². The Hall–Kier alpha value is -2.71. The van der Waals surface area contributed by atoms with E-state index in [1.807, 2.05) is 21.1 Å². The van der Waals surface area contributed by atoms with E-state index in [2.05, 4.69) is 62.5 Å². The molecule has 0 aromatic rings. The molecule has 366 valence electrons. The van der Waals surface area contributed by atoms with E-state index >= 15 is 0 Å². The molecule has 8 nitrogen and oxygen atoms in total. The Morgan fingerprint density at radius 3 is 1.33 bits per heavy atom. The second-order valence-corrected chi connectivity index (χ2v) is 18.7. The van der Waals surface area contributed by atoms with Crippen molar-refractivity contribution in [3.05, 3.63) is 48.6 Å². The van der Waals surface area contributed by atoms with Crippen molar-refractivity contribution in [3.63, 3.8) is 0 Å². The number of unbranched alkanes of at least 4 members (excludes halogenated alkanes) is 25. The van der Waals surface area contributed by atoms with Crippen molar-refractivity contribution >= 4 is 17.9 Å². The van der Waals surface area contributed by atoms with E-state index in [9.17, 15) is 19.5 Å². The molecule has 0 aliphatic carbocycles. The highest BCUT2D eigenvalue weighted by atomic mass is 16.6. The third-order valence-electron chi connectivity index (χ3n) is 11.7. The Labute approximate surface area is 388 Å². The topological polar surface area (TPSA) is 99.1 Å². The van der Waals surface area contributed by atoms with Crippen molar-refractivity contribution in [1.82, 2.24) is 0 Å². The number of ether oxygens (including phenoxy) is 3. The second kappa shape index (κ2) is 45.8. The average Bonchev–Trinajstić information content (AvgIpc) is 3.24. The van der Waals surface area contributed by atoms with E-state index in [-0.39, 0.29) is 36.2 Å². The molecule has 8 heteroatoms. The van der Waals surface area contributed by atoms with Crippen molar-refractivity contribution in [1.29, 1.82) is 0 Å². The summed E-state index contributed by atoms with van der Waals surface area (Å²) < 4.78 is 17.4. The van der Waals surface area contributed by atoms with Crippen LogP contribution < -0.4 is 0 Å². The lowest BCUT2D eigenvalue weighted by Crippen LogP contribution is -2.50.